The smallest absolute Gasteiger partial charge is 0.329 e. The molecule has 0 fully saturated rings. The molecule has 0 bridgehead atoms. The van der Waals surface area contributed by atoms with Gasteiger partial charge in [0.25, 0.3) is 0 Å². The highest BCUT2D eigenvalue weighted by Gasteiger charge is 2.19. The first-order chi connectivity index (χ1) is 9.80. The van der Waals surface area contributed by atoms with E-state index in [0.29, 0.717) is 18.4 Å². The van der Waals surface area contributed by atoms with Gasteiger partial charge in [0.2, 0.25) is 0 Å². The Balaban J connectivity index is 4.57. The maximum absolute atomic E-state index is 11.4. The average Bonchev–Trinajstić information content (AvgIpc) is 2.36. The molecule has 7 nitrogen and oxygen atoms in total. The summed E-state index contributed by atoms with van der Waals surface area (Å²) in [7, 11) is -4.20. The van der Waals surface area contributed by atoms with E-state index < -0.39 is 25.8 Å². The second-order valence-electron chi connectivity index (χ2n) is 4.81. The molecule has 0 saturated carbocycles. The normalized spacial score (nSPS) is 14.0. The van der Waals surface area contributed by atoms with Gasteiger partial charge in [-0.25, -0.2) is 0 Å². The third-order valence-electron chi connectivity index (χ3n) is 2.79. The average molecular weight is 323 g/mol. The number of esters is 1. The molecule has 0 aliphatic heterocycles. The Hall–Kier alpha value is -0.720. The Morgan fingerprint density at radius 3 is 2.43 bits per heavy atom. The van der Waals surface area contributed by atoms with E-state index >= 15 is 0 Å². The Bertz CT molecular complexity index is 379. The van der Waals surface area contributed by atoms with Crippen LogP contribution in [0.4, 0.5) is 0 Å². The minimum absolute atomic E-state index is 0.138. The second kappa shape index (κ2) is 10.9. The van der Waals surface area contributed by atoms with Gasteiger partial charge in [-0.15, -0.1) is 0 Å². The molecule has 0 aliphatic rings. The number of rotatable bonds is 11. The Kier molecular flexibility index (Phi) is 10.6. The van der Waals surface area contributed by atoms with Crippen molar-refractivity contribution in [2.45, 2.75) is 45.1 Å². The van der Waals surface area contributed by atoms with Gasteiger partial charge in [0.05, 0.1) is 12.8 Å². The van der Waals surface area contributed by atoms with Gasteiger partial charge in [0.15, 0.2) is 0 Å². The van der Waals surface area contributed by atoms with Crippen molar-refractivity contribution in [3.8, 4) is 0 Å². The zero-order chi connectivity index (χ0) is 16.3. The molecule has 5 N–H and O–H groups in total. The maximum atomic E-state index is 11.4. The number of hydrogen-bond donors (Lipinski definition) is 4. The van der Waals surface area contributed by atoms with E-state index in [0.717, 1.165) is 19.3 Å². The van der Waals surface area contributed by atoms with Crippen molar-refractivity contribution in [2.75, 3.05) is 19.4 Å². The van der Waals surface area contributed by atoms with Crippen molar-refractivity contribution in [1.82, 2.24) is 0 Å². The molecule has 0 aliphatic carbocycles. The van der Waals surface area contributed by atoms with E-state index in [9.17, 15) is 9.36 Å². The predicted octanol–water partition coefficient (Wildman–Crippen LogP) is 0.924. The number of unbranched alkanes of at least 4 members (excludes halogenated alkanes) is 3. The van der Waals surface area contributed by atoms with E-state index in [1.54, 1.807) is 6.92 Å². The van der Waals surface area contributed by atoms with Gasteiger partial charge in [-0.3, -0.25) is 9.36 Å². The lowest BCUT2D eigenvalue weighted by Gasteiger charge is -2.12. The zero-order valence-corrected chi connectivity index (χ0v) is 13.3. The van der Waals surface area contributed by atoms with Crippen LogP contribution in [0.2, 0.25) is 0 Å². The first kappa shape index (κ1) is 20.3. The van der Waals surface area contributed by atoms with E-state index in [1.807, 2.05) is 0 Å². The van der Waals surface area contributed by atoms with Gasteiger partial charge >= 0.3 is 13.6 Å². The fraction of sp³-hybridized carbons (Fsp3) is 0.769. The molecular weight excluding hydrogens is 297 g/mol. The summed E-state index contributed by atoms with van der Waals surface area (Å²) in [6.07, 6.45) is 4.56. The first-order valence-electron chi connectivity index (χ1n) is 7.07. The Labute approximate surface area is 125 Å². The minimum Gasteiger partial charge on any atom is -0.465 e. The lowest BCUT2D eigenvalue weighted by Crippen LogP contribution is -2.30. The fourth-order valence-corrected chi connectivity index (χ4v) is 2.65. The molecular formula is C13H26NO6P. The highest BCUT2D eigenvalue weighted by atomic mass is 31.2. The number of aliphatic hydroxyl groups excluding tert-OH is 1. The highest BCUT2D eigenvalue weighted by Crippen LogP contribution is 2.38. The number of carbonyl (C=O) groups is 1. The van der Waals surface area contributed by atoms with Gasteiger partial charge in [-0.05, 0) is 26.2 Å². The van der Waals surface area contributed by atoms with Crippen LogP contribution in [0.5, 0.6) is 0 Å². The first-order valence-corrected chi connectivity index (χ1v) is 8.87. The van der Waals surface area contributed by atoms with Crippen molar-refractivity contribution in [1.29, 1.82) is 0 Å². The zero-order valence-electron chi connectivity index (χ0n) is 12.4. The molecule has 0 rings (SSSR count). The van der Waals surface area contributed by atoms with Crippen LogP contribution in [0.15, 0.2) is 11.6 Å². The number of ether oxygens (including phenoxy) is 1. The van der Waals surface area contributed by atoms with Gasteiger partial charge in [0.1, 0.15) is 6.04 Å². The number of aliphatic hydroxyl groups is 1. The largest absolute Gasteiger partial charge is 0.465 e. The lowest BCUT2D eigenvalue weighted by atomic mass is 10.1. The molecule has 0 saturated heterocycles. The quantitative estimate of drug-likeness (QED) is 0.192. The van der Waals surface area contributed by atoms with E-state index in [4.69, 9.17) is 25.4 Å². The fourth-order valence-electron chi connectivity index (χ4n) is 1.86. The van der Waals surface area contributed by atoms with E-state index in [1.165, 1.54) is 6.08 Å². The molecule has 0 aromatic rings. The van der Waals surface area contributed by atoms with Crippen LogP contribution >= 0.6 is 7.60 Å². The van der Waals surface area contributed by atoms with E-state index in [2.05, 4.69) is 0 Å². The number of allylic oxidation sites excluding steroid dienone is 1. The third-order valence-corrected chi connectivity index (χ3v) is 3.61. The highest BCUT2D eigenvalue weighted by molar-refractivity contribution is 7.52. The summed E-state index contributed by atoms with van der Waals surface area (Å²) in [6, 6.07) is -1.01. The summed E-state index contributed by atoms with van der Waals surface area (Å²) in [5.41, 5.74) is 6.10. The van der Waals surface area contributed by atoms with Crippen LogP contribution < -0.4 is 5.73 Å². The summed E-state index contributed by atoms with van der Waals surface area (Å²) in [6.45, 7) is 2.00. The number of hydrogen-bond acceptors (Lipinski definition) is 5. The van der Waals surface area contributed by atoms with E-state index in [-0.39, 0.29) is 13.2 Å². The molecule has 124 valence electrons. The molecule has 1 atom stereocenters. The molecule has 21 heavy (non-hydrogen) atoms. The molecule has 0 amide bonds. The molecule has 0 spiro atoms. The summed E-state index contributed by atoms with van der Waals surface area (Å²) in [5, 5.41) is 8.68. The SMILES string of the molecule is CCOC(=O)C(N)/C=C(/CCCCCCO)CP(=O)(O)O. The minimum atomic E-state index is -4.20. The van der Waals surface area contributed by atoms with Crippen LogP contribution in [-0.2, 0) is 14.1 Å². The van der Waals surface area contributed by atoms with Crippen LogP contribution in [-0.4, -0.2) is 46.3 Å². The summed E-state index contributed by atoms with van der Waals surface area (Å²) in [5.74, 6) is -0.610. The lowest BCUT2D eigenvalue weighted by molar-refractivity contribution is -0.143. The Morgan fingerprint density at radius 1 is 1.29 bits per heavy atom. The van der Waals surface area contributed by atoms with Crippen molar-refractivity contribution < 1.29 is 29.0 Å². The van der Waals surface area contributed by atoms with Crippen molar-refractivity contribution in [3.05, 3.63) is 11.6 Å². The van der Waals surface area contributed by atoms with Gasteiger partial charge in [0, 0.05) is 6.61 Å². The standard InChI is InChI=1S/C13H26NO6P/c1-2-20-13(16)12(14)9-11(10-21(17,18)19)7-5-3-4-6-8-15/h9,12,15H,2-8,10,14H2,1H3,(H2,17,18,19)/b11-9-. The predicted molar refractivity (Wildman–Crippen MR) is 79.8 cm³/mol. The van der Waals surface area contributed by atoms with Crippen molar-refractivity contribution in [2.24, 2.45) is 5.73 Å². The molecule has 8 heteroatoms. The second-order valence-corrected chi connectivity index (χ2v) is 6.46. The van der Waals surface area contributed by atoms with Gasteiger partial charge < -0.3 is 25.4 Å². The monoisotopic (exact) mass is 323 g/mol. The Morgan fingerprint density at radius 2 is 1.90 bits per heavy atom. The number of carbonyl (C=O) groups excluding carboxylic acids is 1. The summed E-state index contributed by atoms with van der Waals surface area (Å²) in [4.78, 5) is 29.6. The molecule has 0 aromatic carbocycles. The van der Waals surface area contributed by atoms with Crippen LogP contribution in [0, 0.1) is 0 Å². The topological polar surface area (TPSA) is 130 Å². The van der Waals surface area contributed by atoms with Gasteiger partial charge in [-0.2, -0.15) is 0 Å². The van der Waals surface area contributed by atoms with Crippen LogP contribution in [0.3, 0.4) is 0 Å². The number of nitrogens with two attached hydrogens (primary N) is 1. The van der Waals surface area contributed by atoms with Crippen LogP contribution in [0.25, 0.3) is 0 Å². The molecule has 1 unspecified atom stereocenters. The third kappa shape index (κ3) is 11.6. The van der Waals surface area contributed by atoms with Crippen molar-refractivity contribution in [3.63, 3.8) is 0 Å². The molecule has 0 aromatic heterocycles. The van der Waals surface area contributed by atoms with Gasteiger partial charge in [-0.1, -0.05) is 24.5 Å². The summed E-state index contributed by atoms with van der Waals surface area (Å²) < 4.78 is 15.9. The maximum Gasteiger partial charge on any atom is 0.329 e. The molecule has 0 radical (unpaired) electrons. The summed E-state index contributed by atoms with van der Waals surface area (Å²) >= 11 is 0. The molecule has 0 heterocycles. The van der Waals surface area contributed by atoms with Crippen molar-refractivity contribution >= 4 is 13.6 Å². The van der Waals surface area contributed by atoms with Crippen LogP contribution in [0.1, 0.15) is 39.0 Å².